The van der Waals surface area contributed by atoms with Crippen LogP contribution in [-0.4, -0.2) is 57.3 Å². The van der Waals surface area contributed by atoms with Gasteiger partial charge in [-0.15, -0.1) is 0 Å². The van der Waals surface area contributed by atoms with Crippen molar-refractivity contribution in [3.05, 3.63) is 30.6 Å². The second-order valence-corrected chi connectivity index (χ2v) is 6.36. The Morgan fingerprint density at radius 3 is 2.88 bits per heavy atom. The van der Waals surface area contributed by atoms with Crippen LogP contribution in [0.25, 0.3) is 11.2 Å². The van der Waals surface area contributed by atoms with E-state index in [2.05, 4.69) is 32.2 Å². The lowest BCUT2D eigenvalue weighted by Gasteiger charge is -2.31. The summed E-state index contributed by atoms with van der Waals surface area (Å²) in [5.74, 6) is 0.454. The summed E-state index contributed by atoms with van der Waals surface area (Å²) in [5.41, 5.74) is 1.64. The lowest BCUT2D eigenvalue weighted by Crippen LogP contribution is -2.41. The van der Waals surface area contributed by atoms with Crippen molar-refractivity contribution in [2.45, 2.75) is 32.2 Å². The fourth-order valence-electron chi connectivity index (χ4n) is 3.05. The van der Waals surface area contributed by atoms with Gasteiger partial charge in [0.05, 0.1) is 11.8 Å². The first-order chi connectivity index (χ1) is 12.6. The van der Waals surface area contributed by atoms with Crippen molar-refractivity contribution >= 4 is 28.8 Å². The van der Waals surface area contributed by atoms with Crippen LogP contribution in [0.5, 0.6) is 0 Å². The highest BCUT2D eigenvalue weighted by atomic mass is 16.2. The highest BCUT2D eigenvalue weighted by Gasteiger charge is 2.22. The van der Waals surface area contributed by atoms with Crippen LogP contribution in [0.1, 0.15) is 36.5 Å². The lowest BCUT2D eigenvalue weighted by atomic mass is 10.1. The van der Waals surface area contributed by atoms with E-state index in [4.69, 9.17) is 0 Å². The number of amides is 2. The van der Waals surface area contributed by atoms with Crippen LogP contribution < -0.4 is 10.6 Å². The van der Waals surface area contributed by atoms with E-state index in [0.29, 0.717) is 42.2 Å². The number of nitrogens with zero attached hydrogens (tertiary/aromatic N) is 3. The largest absolute Gasteiger partial charge is 0.366 e. The first-order valence-electron chi connectivity index (χ1n) is 8.92. The number of hydrogen-bond acceptors (Lipinski definition) is 5. The lowest BCUT2D eigenvalue weighted by molar-refractivity contribution is -0.126. The number of anilines is 1. The Morgan fingerprint density at radius 2 is 2.19 bits per heavy atom. The van der Waals surface area contributed by atoms with Gasteiger partial charge in [0.15, 0.2) is 5.65 Å². The third-order valence-electron chi connectivity index (χ3n) is 4.49. The number of carbonyl (C=O) groups is 2. The molecule has 2 aromatic rings. The molecule has 0 bridgehead atoms. The molecule has 1 aliphatic heterocycles. The van der Waals surface area contributed by atoms with Gasteiger partial charge in [0, 0.05) is 31.9 Å². The smallest absolute Gasteiger partial charge is 0.255 e. The summed E-state index contributed by atoms with van der Waals surface area (Å²) in [6.45, 7) is 7.53. The molecule has 1 aliphatic rings. The monoisotopic (exact) mass is 356 g/mol. The molecular formula is C18H24N6O2. The predicted octanol–water partition coefficient (Wildman–Crippen LogP) is 1.69. The molecule has 0 saturated carbocycles. The number of hydrogen-bond donors (Lipinski definition) is 3. The molecule has 8 heteroatoms. The fraction of sp³-hybridized carbons (Fsp3) is 0.444. The van der Waals surface area contributed by atoms with Gasteiger partial charge in [0.25, 0.3) is 5.91 Å². The van der Waals surface area contributed by atoms with Crippen LogP contribution in [0.2, 0.25) is 0 Å². The van der Waals surface area contributed by atoms with Crippen molar-refractivity contribution in [3.8, 4) is 0 Å². The Kier molecular flexibility index (Phi) is 5.50. The third kappa shape index (κ3) is 3.84. The standard InChI is InChI=1S/C18H24N6O2/c1-3-7-19-18(26)13-10-20-17-16(13)23-14(11-21-17)22-12-5-8-24(9-6-12)15(25)4-2/h4,10-12H,2-3,5-9H2,1H3,(H,19,26)(H,20,21)(H,22,23). The van der Waals surface area contributed by atoms with Crippen LogP contribution in [0.3, 0.4) is 0 Å². The van der Waals surface area contributed by atoms with Gasteiger partial charge in [0.1, 0.15) is 11.3 Å². The fourth-order valence-corrected chi connectivity index (χ4v) is 3.05. The quantitative estimate of drug-likeness (QED) is 0.684. The normalized spacial score (nSPS) is 15.0. The van der Waals surface area contributed by atoms with E-state index in [1.165, 1.54) is 6.08 Å². The molecule has 26 heavy (non-hydrogen) atoms. The Morgan fingerprint density at radius 1 is 1.42 bits per heavy atom. The Balaban J connectivity index is 1.68. The minimum absolute atomic E-state index is 0.0280. The van der Waals surface area contributed by atoms with Crippen LogP contribution in [-0.2, 0) is 4.79 Å². The molecule has 0 aromatic carbocycles. The van der Waals surface area contributed by atoms with E-state index < -0.39 is 0 Å². The van der Waals surface area contributed by atoms with Gasteiger partial charge in [-0.2, -0.15) is 0 Å². The van der Waals surface area contributed by atoms with Gasteiger partial charge in [-0.05, 0) is 25.3 Å². The maximum absolute atomic E-state index is 12.2. The van der Waals surface area contributed by atoms with Crippen LogP contribution in [0.15, 0.2) is 25.0 Å². The summed E-state index contributed by atoms with van der Waals surface area (Å²) in [7, 11) is 0. The van der Waals surface area contributed by atoms with Gasteiger partial charge in [-0.1, -0.05) is 13.5 Å². The molecule has 1 fully saturated rings. The molecule has 2 aromatic heterocycles. The molecule has 0 radical (unpaired) electrons. The van der Waals surface area contributed by atoms with Gasteiger partial charge in [-0.25, -0.2) is 9.97 Å². The molecule has 0 unspecified atom stereocenters. The molecule has 3 N–H and O–H groups in total. The van der Waals surface area contributed by atoms with Crippen LogP contribution in [0.4, 0.5) is 5.82 Å². The van der Waals surface area contributed by atoms with E-state index in [1.807, 2.05) is 6.92 Å². The van der Waals surface area contributed by atoms with Gasteiger partial charge >= 0.3 is 0 Å². The van der Waals surface area contributed by atoms with Crippen molar-refractivity contribution in [1.82, 2.24) is 25.2 Å². The van der Waals surface area contributed by atoms with E-state index in [9.17, 15) is 9.59 Å². The second-order valence-electron chi connectivity index (χ2n) is 6.36. The summed E-state index contributed by atoms with van der Waals surface area (Å²) in [4.78, 5) is 37.6. The number of H-pyrrole nitrogens is 1. The minimum Gasteiger partial charge on any atom is -0.366 e. The van der Waals surface area contributed by atoms with Gasteiger partial charge < -0.3 is 20.5 Å². The Hall–Kier alpha value is -2.90. The van der Waals surface area contributed by atoms with E-state index in [0.717, 1.165) is 19.3 Å². The van der Waals surface area contributed by atoms with Crippen molar-refractivity contribution < 1.29 is 9.59 Å². The zero-order chi connectivity index (χ0) is 18.5. The van der Waals surface area contributed by atoms with E-state index in [-0.39, 0.29) is 17.9 Å². The molecule has 0 aliphatic carbocycles. The summed E-state index contributed by atoms with van der Waals surface area (Å²) in [6, 6.07) is 0.215. The minimum atomic E-state index is -0.152. The highest BCUT2D eigenvalue weighted by molar-refractivity contribution is 6.04. The SMILES string of the molecule is C=CC(=O)N1CCC(Nc2cnc3[nH]cc(C(=O)NCCC)c3n2)CC1. The molecule has 3 rings (SSSR count). The van der Waals surface area contributed by atoms with Crippen molar-refractivity contribution in [3.63, 3.8) is 0 Å². The zero-order valence-corrected chi connectivity index (χ0v) is 14.9. The number of likely N-dealkylation sites (tertiary alicyclic amines) is 1. The number of piperidine rings is 1. The van der Waals surface area contributed by atoms with E-state index in [1.54, 1.807) is 17.3 Å². The molecule has 3 heterocycles. The summed E-state index contributed by atoms with van der Waals surface area (Å²) >= 11 is 0. The Labute approximate surface area is 152 Å². The molecule has 0 atom stereocenters. The van der Waals surface area contributed by atoms with E-state index >= 15 is 0 Å². The zero-order valence-electron chi connectivity index (χ0n) is 14.9. The van der Waals surface area contributed by atoms with Gasteiger partial charge in [-0.3, -0.25) is 9.59 Å². The van der Waals surface area contributed by atoms with Gasteiger partial charge in [0.2, 0.25) is 5.91 Å². The first kappa shape index (κ1) is 17.9. The molecule has 1 saturated heterocycles. The number of aromatic amines is 1. The third-order valence-corrected chi connectivity index (χ3v) is 4.49. The first-order valence-corrected chi connectivity index (χ1v) is 8.92. The van der Waals surface area contributed by atoms with Crippen molar-refractivity contribution in [2.24, 2.45) is 0 Å². The summed E-state index contributed by atoms with van der Waals surface area (Å²) in [6.07, 6.45) is 7.18. The maximum Gasteiger partial charge on any atom is 0.255 e. The second kappa shape index (κ2) is 7.99. The molecule has 2 amide bonds. The average molecular weight is 356 g/mol. The summed E-state index contributed by atoms with van der Waals surface area (Å²) in [5, 5.41) is 6.22. The molecule has 0 spiro atoms. The molecule has 8 nitrogen and oxygen atoms in total. The van der Waals surface area contributed by atoms with Crippen LogP contribution >= 0.6 is 0 Å². The number of fused-ring (bicyclic) bond motifs is 1. The van der Waals surface area contributed by atoms with Crippen LogP contribution in [0, 0.1) is 0 Å². The average Bonchev–Trinajstić information content (AvgIpc) is 3.09. The topological polar surface area (TPSA) is 103 Å². The number of aromatic nitrogens is 3. The Bertz CT molecular complexity index is 807. The number of rotatable bonds is 6. The molecular weight excluding hydrogens is 332 g/mol. The summed E-state index contributed by atoms with van der Waals surface area (Å²) < 4.78 is 0. The van der Waals surface area contributed by atoms with Crippen molar-refractivity contribution in [1.29, 1.82) is 0 Å². The molecule has 138 valence electrons. The van der Waals surface area contributed by atoms with Crippen molar-refractivity contribution in [2.75, 3.05) is 25.0 Å². The maximum atomic E-state index is 12.2. The number of nitrogens with one attached hydrogen (secondary N) is 3. The number of carbonyl (C=O) groups excluding carboxylic acids is 2. The predicted molar refractivity (Wildman–Crippen MR) is 99.9 cm³/mol. The highest BCUT2D eigenvalue weighted by Crippen LogP contribution is 2.19.